The summed E-state index contributed by atoms with van der Waals surface area (Å²) in [5, 5.41) is 14.9. The van der Waals surface area contributed by atoms with E-state index >= 15 is 0 Å². The molecule has 2 rings (SSSR count). The Bertz CT molecular complexity index is 716. The number of amides is 1. The molecule has 0 bridgehead atoms. The van der Waals surface area contributed by atoms with Crippen molar-refractivity contribution in [3.8, 4) is 0 Å². The molecule has 0 radical (unpaired) electrons. The summed E-state index contributed by atoms with van der Waals surface area (Å²) in [6.45, 7) is 3.56. The van der Waals surface area contributed by atoms with Crippen LogP contribution in [0.5, 0.6) is 0 Å². The number of carboxylic acids is 1. The quantitative estimate of drug-likeness (QED) is 0.843. The lowest BCUT2D eigenvalue weighted by Crippen LogP contribution is -2.11. The predicted octanol–water partition coefficient (Wildman–Crippen LogP) is 2.64. The van der Waals surface area contributed by atoms with Gasteiger partial charge < -0.3 is 9.63 Å². The Balaban J connectivity index is 2.15. The molecule has 1 amide bonds. The zero-order valence-electron chi connectivity index (χ0n) is 11.6. The van der Waals surface area contributed by atoms with Crippen molar-refractivity contribution in [1.82, 2.24) is 5.16 Å². The Kier molecular flexibility index (Phi) is 4.18. The summed E-state index contributed by atoms with van der Waals surface area (Å²) in [5.41, 5.74) is 2.67. The first-order valence-corrected chi connectivity index (χ1v) is 6.22. The van der Waals surface area contributed by atoms with E-state index in [1.807, 2.05) is 0 Å². The van der Waals surface area contributed by atoms with Gasteiger partial charge in [-0.25, -0.2) is 4.79 Å². The number of carboxylic acid groups (broad SMARTS) is 1. The van der Waals surface area contributed by atoms with E-state index in [-0.39, 0.29) is 11.8 Å². The highest BCUT2D eigenvalue weighted by atomic mass is 16.5. The maximum atomic E-state index is 12.0. The molecule has 0 atom stereocenters. The molecule has 0 fully saturated rings. The Morgan fingerprint density at radius 1 is 1.29 bits per heavy atom. The third-order valence-corrected chi connectivity index (χ3v) is 2.80. The Hall–Kier alpha value is -2.89. The first-order chi connectivity index (χ1) is 9.95. The summed E-state index contributed by atoms with van der Waals surface area (Å²) >= 11 is 0. The highest BCUT2D eigenvalue weighted by Gasteiger charge is 2.10. The Morgan fingerprint density at radius 3 is 2.62 bits per heavy atom. The molecule has 0 spiro atoms. The molecule has 0 saturated carbocycles. The first-order valence-electron chi connectivity index (χ1n) is 6.22. The van der Waals surface area contributed by atoms with Crippen LogP contribution in [0.25, 0.3) is 6.08 Å². The summed E-state index contributed by atoms with van der Waals surface area (Å²) in [6, 6.07) is 6.61. The van der Waals surface area contributed by atoms with Gasteiger partial charge in [-0.15, -0.1) is 0 Å². The minimum absolute atomic E-state index is 0.282. The van der Waals surface area contributed by atoms with Crippen molar-refractivity contribution in [3.63, 3.8) is 0 Å². The molecule has 0 aliphatic carbocycles. The van der Waals surface area contributed by atoms with Crippen molar-refractivity contribution in [1.29, 1.82) is 0 Å². The summed E-state index contributed by atoms with van der Waals surface area (Å²) in [4.78, 5) is 22.5. The van der Waals surface area contributed by atoms with E-state index in [9.17, 15) is 9.59 Å². The number of nitrogens with zero attached hydrogens (tertiary/aromatic N) is 1. The van der Waals surface area contributed by atoms with Gasteiger partial charge in [-0.2, -0.15) is 0 Å². The topological polar surface area (TPSA) is 92.4 Å². The summed E-state index contributed by atoms with van der Waals surface area (Å²) < 4.78 is 4.92. The standard InChI is InChI=1S/C15H14N2O4/c1-9-7-12(4-3-11(9)5-6-14(18)19)15(20)16-13-8-10(2)17-21-13/h3-8H,1-2H3,(H,16,20)(H,18,19)/b6-5+. The molecule has 0 unspecified atom stereocenters. The van der Waals surface area contributed by atoms with E-state index in [1.165, 1.54) is 6.08 Å². The van der Waals surface area contributed by atoms with Crippen molar-refractivity contribution in [2.75, 3.05) is 5.32 Å². The Morgan fingerprint density at radius 2 is 2.05 bits per heavy atom. The van der Waals surface area contributed by atoms with Crippen LogP contribution in [0.4, 0.5) is 5.88 Å². The molecule has 6 nitrogen and oxygen atoms in total. The number of aromatic nitrogens is 1. The minimum Gasteiger partial charge on any atom is -0.478 e. The largest absolute Gasteiger partial charge is 0.478 e. The highest BCUT2D eigenvalue weighted by Crippen LogP contribution is 2.15. The summed E-state index contributed by atoms with van der Waals surface area (Å²) in [7, 11) is 0. The van der Waals surface area contributed by atoms with Crippen molar-refractivity contribution < 1.29 is 19.2 Å². The van der Waals surface area contributed by atoms with E-state index in [1.54, 1.807) is 38.1 Å². The zero-order valence-corrected chi connectivity index (χ0v) is 11.6. The number of anilines is 1. The fourth-order valence-corrected chi connectivity index (χ4v) is 1.77. The smallest absolute Gasteiger partial charge is 0.328 e. The Labute approximate surface area is 121 Å². The molecule has 21 heavy (non-hydrogen) atoms. The molecule has 1 heterocycles. The van der Waals surface area contributed by atoms with Crippen molar-refractivity contribution in [2.24, 2.45) is 0 Å². The second kappa shape index (κ2) is 6.04. The van der Waals surface area contributed by atoms with Crippen LogP contribution in [0.15, 0.2) is 34.9 Å². The van der Waals surface area contributed by atoms with Crippen LogP contribution < -0.4 is 5.32 Å². The highest BCUT2D eigenvalue weighted by molar-refractivity contribution is 6.03. The van der Waals surface area contributed by atoms with Gasteiger partial charge in [0.2, 0.25) is 5.88 Å². The zero-order chi connectivity index (χ0) is 15.4. The summed E-state index contributed by atoms with van der Waals surface area (Å²) in [6.07, 6.45) is 2.54. The van der Waals surface area contributed by atoms with Crippen LogP contribution in [0.2, 0.25) is 0 Å². The average molecular weight is 286 g/mol. The maximum absolute atomic E-state index is 12.0. The molecule has 0 saturated heterocycles. The van der Waals surface area contributed by atoms with Crippen molar-refractivity contribution >= 4 is 23.8 Å². The first kappa shape index (κ1) is 14.5. The van der Waals surface area contributed by atoms with Crippen LogP contribution in [-0.2, 0) is 4.79 Å². The lowest BCUT2D eigenvalue weighted by atomic mass is 10.0. The van der Waals surface area contributed by atoms with Gasteiger partial charge in [0, 0.05) is 17.7 Å². The SMILES string of the molecule is Cc1cc(NC(=O)c2ccc(/C=C/C(=O)O)c(C)c2)on1. The second-order valence-corrected chi connectivity index (χ2v) is 4.53. The van der Waals surface area contributed by atoms with Crippen molar-refractivity contribution in [2.45, 2.75) is 13.8 Å². The van der Waals surface area contributed by atoms with E-state index in [0.29, 0.717) is 11.3 Å². The van der Waals surface area contributed by atoms with Gasteiger partial charge in [0.25, 0.3) is 5.91 Å². The van der Waals surface area contributed by atoms with Crippen LogP contribution in [0.1, 0.15) is 27.2 Å². The van der Waals surface area contributed by atoms with Crippen molar-refractivity contribution in [3.05, 3.63) is 52.7 Å². The molecule has 1 aromatic heterocycles. The van der Waals surface area contributed by atoms with E-state index in [2.05, 4.69) is 10.5 Å². The molecule has 2 aromatic rings. The van der Waals surface area contributed by atoms with E-state index in [4.69, 9.17) is 9.63 Å². The number of carbonyl (C=O) groups excluding carboxylic acids is 1. The maximum Gasteiger partial charge on any atom is 0.328 e. The molecule has 1 aromatic carbocycles. The van der Waals surface area contributed by atoms with Crippen LogP contribution >= 0.6 is 0 Å². The number of nitrogens with one attached hydrogen (secondary N) is 1. The van der Waals surface area contributed by atoms with Gasteiger partial charge in [-0.3, -0.25) is 10.1 Å². The number of benzene rings is 1. The predicted molar refractivity (Wildman–Crippen MR) is 77.0 cm³/mol. The third kappa shape index (κ3) is 3.79. The normalized spacial score (nSPS) is 10.8. The summed E-state index contributed by atoms with van der Waals surface area (Å²) in [5.74, 6) is -1.05. The van der Waals surface area contributed by atoms with Gasteiger partial charge in [0.1, 0.15) is 0 Å². The number of rotatable bonds is 4. The van der Waals surface area contributed by atoms with Crippen LogP contribution in [-0.4, -0.2) is 22.1 Å². The molecular formula is C15H14N2O4. The fourth-order valence-electron chi connectivity index (χ4n) is 1.77. The number of hydrogen-bond donors (Lipinski definition) is 2. The lowest BCUT2D eigenvalue weighted by Gasteiger charge is -2.05. The fraction of sp³-hybridized carbons (Fsp3) is 0.133. The molecule has 6 heteroatoms. The van der Waals surface area contributed by atoms with E-state index in [0.717, 1.165) is 17.2 Å². The van der Waals surface area contributed by atoms with Crippen LogP contribution in [0, 0.1) is 13.8 Å². The lowest BCUT2D eigenvalue weighted by molar-refractivity contribution is -0.131. The van der Waals surface area contributed by atoms with Gasteiger partial charge in [0.05, 0.1) is 5.69 Å². The van der Waals surface area contributed by atoms with E-state index < -0.39 is 5.97 Å². The second-order valence-electron chi connectivity index (χ2n) is 4.53. The van der Waals surface area contributed by atoms with Gasteiger partial charge in [0.15, 0.2) is 0 Å². The number of hydrogen-bond acceptors (Lipinski definition) is 4. The number of carbonyl (C=O) groups is 2. The van der Waals surface area contributed by atoms with Gasteiger partial charge in [-0.05, 0) is 43.2 Å². The molecule has 2 N–H and O–H groups in total. The minimum atomic E-state index is -1.02. The van der Waals surface area contributed by atoms with Crippen LogP contribution in [0.3, 0.4) is 0 Å². The molecular weight excluding hydrogens is 272 g/mol. The molecule has 108 valence electrons. The number of aryl methyl sites for hydroxylation is 2. The monoisotopic (exact) mass is 286 g/mol. The number of aliphatic carboxylic acids is 1. The van der Waals surface area contributed by atoms with Gasteiger partial charge in [-0.1, -0.05) is 11.2 Å². The van der Waals surface area contributed by atoms with Gasteiger partial charge >= 0.3 is 5.97 Å². The molecule has 0 aliphatic rings. The average Bonchev–Trinajstić information content (AvgIpc) is 2.82. The molecule has 0 aliphatic heterocycles. The third-order valence-electron chi connectivity index (χ3n) is 2.80.